The molecule has 0 spiro atoms. The minimum atomic E-state index is -0.207. The summed E-state index contributed by atoms with van der Waals surface area (Å²) >= 11 is 1.53. The highest BCUT2D eigenvalue weighted by Gasteiger charge is 2.14. The molecule has 0 aromatic carbocycles. The van der Waals surface area contributed by atoms with E-state index in [4.69, 9.17) is 4.74 Å². The van der Waals surface area contributed by atoms with Crippen LogP contribution in [0.15, 0.2) is 23.4 Å². The molecule has 0 aliphatic heterocycles. The van der Waals surface area contributed by atoms with Crippen LogP contribution in [0.4, 0.5) is 0 Å². The number of esters is 1. The second-order valence-corrected chi connectivity index (χ2v) is 5.29. The largest absolute Gasteiger partial charge is 0.491 e. The lowest BCUT2D eigenvalue weighted by Gasteiger charge is -2.12. The Balaban J connectivity index is 2.62. The number of carbonyl (C=O) groups excluding carboxylic acids is 1. The van der Waals surface area contributed by atoms with Gasteiger partial charge in [0.25, 0.3) is 0 Å². The van der Waals surface area contributed by atoms with E-state index in [-0.39, 0.29) is 11.2 Å². The summed E-state index contributed by atoms with van der Waals surface area (Å²) in [6.45, 7) is 4.70. The van der Waals surface area contributed by atoms with Gasteiger partial charge in [0, 0.05) is 11.4 Å². The number of thioether (sulfide) groups is 1. The van der Waals surface area contributed by atoms with Crippen molar-refractivity contribution in [1.29, 1.82) is 0 Å². The summed E-state index contributed by atoms with van der Waals surface area (Å²) in [5.41, 5.74) is 0. The molecule has 0 aliphatic carbocycles. The van der Waals surface area contributed by atoms with E-state index in [0.717, 1.165) is 17.2 Å². The normalized spacial score (nSPS) is 11.9. The van der Waals surface area contributed by atoms with Gasteiger partial charge in [0.1, 0.15) is 5.03 Å². The molecular formula is C13H19NO3S. The molecule has 0 bridgehead atoms. The van der Waals surface area contributed by atoms with Gasteiger partial charge in [0.2, 0.25) is 0 Å². The fourth-order valence-electron chi connectivity index (χ4n) is 1.34. The summed E-state index contributed by atoms with van der Waals surface area (Å²) in [5.74, 6) is 0.572. The molecular weight excluding hydrogens is 250 g/mol. The van der Waals surface area contributed by atoms with Crippen LogP contribution in [0.25, 0.3) is 0 Å². The monoisotopic (exact) mass is 269 g/mol. The fraction of sp³-hybridized carbons (Fsp3) is 0.538. The number of hydrogen-bond acceptors (Lipinski definition) is 5. The Labute approximate surface area is 112 Å². The maximum Gasteiger partial charge on any atom is 0.306 e. The van der Waals surface area contributed by atoms with Gasteiger partial charge in [-0.25, -0.2) is 4.98 Å². The van der Waals surface area contributed by atoms with Crippen molar-refractivity contribution >= 4 is 17.7 Å². The van der Waals surface area contributed by atoms with Gasteiger partial charge in [-0.1, -0.05) is 25.6 Å². The zero-order valence-corrected chi connectivity index (χ0v) is 11.8. The Morgan fingerprint density at radius 3 is 3.00 bits per heavy atom. The van der Waals surface area contributed by atoms with E-state index in [1.54, 1.807) is 6.20 Å². The first-order valence-corrected chi connectivity index (χ1v) is 6.86. The van der Waals surface area contributed by atoms with Gasteiger partial charge in [-0.15, -0.1) is 0 Å². The molecule has 0 aliphatic rings. The van der Waals surface area contributed by atoms with E-state index in [0.29, 0.717) is 13.0 Å². The Morgan fingerprint density at radius 1 is 1.56 bits per heavy atom. The van der Waals surface area contributed by atoms with Crippen LogP contribution in [0.3, 0.4) is 0 Å². The fourth-order valence-corrected chi connectivity index (χ4v) is 2.30. The molecule has 0 fully saturated rings. The maximum absolute atomic E-state index is 11.2. The third kappa shape index (κ3) is 4.96. The first-order valence-electron chi connectivity index (χ1n) is 5.98. The smallest absolute Gasteiger partial charge is 0.306 e. The molecule has 1 aromatic rings. The van der Waals surface area contributed by atoms with Gasteiger partial charge in [-0.3, -0.25) is 4.79 Å². The third-order valence-electron chi connectivity index (χ3n) is 2.19. The van der Waals surface area contributed by atoms with Crippen LogP contribution in [0.2, 0.25) is 0 Å². The lowest BCUT2D eigenvalue weighted by molar-refractivity contribution is -0.140. The molecule has 4 nitrogen and oxygen atoms in total. The van der Waals surface area contributed by atoms with Crippen molar-refractivity contribution in [3.63, 3.8) is 0 Å². The number of pyridine rings is 1. The minimum absolute atomic E-state index is 0.108. The molecule has 1 atom stereocenters. The third-order valence-corrected chi connectivity index (χ3v) is 3.29. The first-order chi connectivity index (χ1) is 8.67. The van der Waals surface area contributed by atoms with Crippen LogP contribution < -0.4 is 4.74 Å². The molecule has 0 saturated heterocycles. The van der Waals surface area contributed by atoms with E-state index in [9.17, 15) is 4.79 Å². The molecule has 0 amide bonds. The van der Waals surface area contributed by atoms with Gasteiger partial charge in [-0.2, -0.15) is 0 Å². The summed E-state index contributed by atoms with van der Waals surface area (Å²) in [4.78, 5) is 15.5. The second kappa shape index (κ2) is 7.97. The molecule has 18 heavy (non-hydrogen) atoms. The van der Waals surface area contributed by atoms with Crippen molar-refractivity contribution in [2.45, 2.75) is 37.0 Å². The van der Waals surface area contributed by atoms with Crippen LogP contribution in [-0.4, -0.2) is 29.9 Å². The van der Waals surface area contributed by atoms with Crippen molar-refractivity contribution in [3.05, 3.63) is 18.3 Å². The number of rotatable bonds is 7. The Kier molecular flexibility index (Phi) is 6.57. The average molecular weight is 269 g/mol. The lowest BCUT2D eigenvalue weighted by atomic mass is 10.3. The molecule has 0 saturated carbocycles. The van der Waals surface area contributed by atoms with Gasteiger partial charge < -0.3 is 9.47 Å². The zero-order valence-electron chi connectivity index (χ0n) is 11.0. The summed E-state index contributed by atoms with van der Waals surface area (Å²) in [5, 5.41) is 0.929. The molecule has 0 radical (unpaired) electrons. The first kappa shape index (κ1) is 14.8. The van der Waals surface area contributed by atoms with Crippen molar-refractivity contribution in [3.8, 4) is 5.75 Å². The lowest BCUT2D eigenvalue weighted by Crippen LogP contribution is -2.09. The van der Waals surface area contributed by atoms with Gasteiger partial charge >= 0.3 is 5.97 Å². The van der Waals surface area contributed by atoms with Crippen molar-refractivity contribution in [1.82, 2.24) is 4.98 Å². The van der Waals surface area contributed by atoms with E-state index < -0.39 is 0 Å². The Bertz CT molecular complexity index is 384. The second-order valence-electron chi connectivity index (χ2n) is 3.86. The summed E-state index contributed by atoms with van der Waals surface area (Å²) in [7, 11) is 1.40. The highest BCUT2D eigenvalue weighted by molar-refractivity contribution is 8.00. The number of hydrogen-bond donors (Lipinski definition) is 0. The van der Waals surface area contributed by atoms with Crippen LogP contribution in [0.1, 0.15) is 26.7 Å². The van der Waals surface area contributed by atoms with Crippen molar-refractivity contribution in [2.24, 2.45) is 0 Å². The standard InChI is InChI=1S/C13H19NO3S/c1-4-8-17-11-6-5-7-14-13(11)18-10(2)9-12(15)16-3/h5-7,10H,4,8-9H2,1-3H3. The number of nitrogens with zero attached hydrogens (tertiary/aromatic N) is 1. The van der Waals surface area contributed by atoms with E-state index in [1.165, 1.54) is 18.9 Å². The molecule has 1 rings (SSSR count). The molecule has 1 aromatic heterocycles. The molecule has 1 unspecified atom stereocenters. The predicted octanol–water partition coefficient (Wildman–Crippen LogP) is 2.91. The van der Waals surface area contributed by atoms with Crippen molar-refractivity contribution < 1.29 is 14.3 Å². The minimum Gasteiger partial charge on any atom is -0.491 e. The van der Waals surface area contributed by atoms with E-state index in [1.807, 2.05) is 19.1 Å². The van der Waals surface area contributed by atoms with Crippen LogP contribution in [0.5, 0.6) is 5.75 Å². The number of methoxy groups -OCH3 is 1. The summed E-state index contributed by atoms with van der Waals surface area (Å²) in [6.07, 6.45) is 3.05. The number of ether oxygens (including phenoxy) is 2. The quantitative estimate of drug-likeness (QED) is 0.562. The van der Waals surface area contributed by atoms with E-state index in [2.05, 4.69) is 16.6 Å². The molecule has 5 heteroatoms. The highest BCUT2D eigenvalue weighted by Crippen LogP contribution is 2.31. The predicted molar refractivity (Wildman–Crippen MR) is 72.0 cm³/mol. The molecule has 1 heterocycles. The molecule has 0 N–H and O–H groups in total. The van der Waals surface area contributed by atoms with Crippen LogP contribution in [-0.2, 0) is 9.53 Å². The zero-order chi connectivity index (χ0) is 13.4. The topological polar surface area (TPSA) is 48.4 Å². The SMILES string of the molecule is CCCOc1cccnc1SC(C)CC(=O)OC. The molecule has 100 valence electrons. The van der Waals surface area contributed by atoms with Gasteiger partial charge in [0.05, 0.1) is 20.1 Å². The highest BCUT2D eigenvalue weighted by atomic mass is 32.2. The van der Waals surface area contributed by atoms with E-state index >= 15 is 0 Å². The number of carbonyl (C=O) groups is 1. The summed E-state index contributed by atoms with van der Waals surface area (Å²) < 4.78 is 10.3. The summed E-state index contributed by atoms with van der Waals surface area (Å²) in [6, 6.07) is 3.75. The van der Waals surface area contributed by atoms with Crippen LogP contribution >= 0.6 is 11.8 Å². The Morgan fingerprint density at radius 2 is 2.33 bits per heavy atom. The average Bonchev–Trinajstić information content (AvgIpc) is 2.37. The maximum atomic E-state index is 11.2. The van der Waals surface area contributed by atoms with Crippen molar-refractivity contribution in [2.75, 3.05) is 13.7 Å². The van der Waals surface area contributed by atoms with Crippen LogP contribution in [0, 0.1) is 0 Å². The Hall–Kier alpha value is -1.23. The number of aromatic nitrogens is 1. The van der Waals surface area contributed by atoms with Gasteiger partial charge in [0.15, 0.2) is 5.75 Å². The van der Waals surface area contributed by atoms with Gasteiger partial charge in [-0.05, 0) is 18.6 Å².